The van der Waals surface area contributed by atoms with E-state index >= 15 is 0 Å². The maximum atomic E-state index is 5.23. The Morgan fingerprint density at radius 3 is 2.36 bits per heavy atom. The second-order valence-corrected chi connectivity index (χ2v) is 2.78. The molecule has 0 heterocycles. The van der Waals surface area contributed by atoms with Gasteiger partial charge >= 0.3 is 0 Å². The highest BCUT2D eigenvalue weighted by Gasteiger charge is 1.80. The lowest BCUT2D eigenvalue weighted by atomic mass is 10.2. The summed E-state index contributed by atoms with van der Waals surface area (Å²) in [5.74, 6) is 0. The predicted molar refractivity (Wildman–Crippen MR) is 51.4 cm³/mol. The molecule has 0 aromatic rings. The Hall–Kier alpha value is -0.520. The zero-order valence-corrected chi connectivity index (χ0v) is 7.55. The molecule has 0 spiro atoms. The molecule has 0 bridgehead atoms. The highest BCUT2D eigenvalue weighted by atomic mass is 13.9. The molecule has 0 rings (SSSR count). The average Bonchev–Trinajstić information content (AvgIpc) is 2.03. The number of hydrogen-bond donors (Lipinski definition) is 0. The van der Waals surface area contributed by atoms with Crippen LogP contribution in [0.2, 0.25) is 0 Å². The molecule has 0 aliphatic rings. The highest BCUT2D eigenvalue weighted by molar-refractivity contribution is 4.83. The fourth-order valence-corrected chi connectivity index (χ4v) is 0.940. The van der Waals surface area contributed by atoms with Gasteiger partial charge in [0, 0.05) is 0 Å². The predicted octanol–water partition coefficient (Wildman–Crippen LogP) is 3.89. The molecule has 0 saturated heterocycles. The third-order valence-electron chi connectivity index (χ3n) is 1.64. The first-order valence-electron chi connectivity index (χ1n) is 4.60. The minimum atomic E-state index is 1.00. The molecular formula is C11H19. The van der Waals surface area contributed by atoms with Gasteiger partial charge in [0.05, 0.1) is 0 Å². The van der Waals surface area contributed by atoms with Crippen LogP contribution in [-0.2, 0) is 0 Å². The van der Waals surface area contributed by atoms with Gasteiger partial charge in [0.1, 0.15) is 0 Å². The molecule has 0 atom stereocenters. The molecule has 0 nitrogen and oxygen atoms in total. The van der Waals surface area contributed by atoms with Gasteiger partial charge in [-0.25, -0.2) is 0 Å². The maximum Gasteiger partial charge on any atom is -0.0313 e. The van der Waals surface area contributed by atoms with Crippen LogP contribution in [-0.4, -0.2) is 0 Å². The summed E-state index contributed by atoms with van der Waals surface area (Å²) in [5.41, 5.74) is 0. The Morgan fingerprint density at radius 2 is 1.73 bits per heavy atom. The van der Waals surface area contributed by atoms with Gasteiger partial charge in [-0.15, -0.1) is 0 Å². The molecule has 1 radical (unpaired) electrons. The van der Waals surface area contributed by atoms with Crippen LogP contribution in [0.25, 0.3) is 0 Å². The second-order valence-electron chi connectivity index (χ2n) is 2.78. The van der Waals surface area contributed by atoms with Crippen molar-refractivity contribution in [1.29, 1.82) is 0 Å². The van der Waals surface area contributed by atoms with Crippen molar-refractivity contribution in [3.05, 3.63) is 24.8 Å². The quantitative estimate of drug-likeness (QED) is 0.382. The zero-order valence-electron chi connectivity index (χ0n) is 7.55. The number of rotatable bonds is 7. The van der Waals surface area contributed by atoms with E-state index in [0.29, 0.717) is 0 Å². The van der Waals surface area contributed by atoms with Gasteiger partial charge in [-0.3, -0.25) is 0 Å². The van der Waals surface area contributed by atoms with Crippen LogP contribution >= 0.6 is 0 Å². The molecule has 0 amide bonds. The normalized spacial score (nSPS) is 10.6. The fraction of sp³-hybridized carbons (Fsp3) is 0.636. The van der Waals surface area contributed by atoms with Crippen LogP contribution < -0.4 is 0 Å². The smallest absolute Gasteiger partial charge is 0.0313 e. The van der Waals surface area contributed by atoms with E-state index in [1.165, 1.54) is 25.7 Å². The lowest BCUT2D eigenvalue weighted by molar-refractivity contribution is 0.728. The molecule has 0 heteroatoms. The molecule has 0 fully saturated rings. The minimum Gasteiger partial charge on any atom is -0.0885 e. The summed E-state index contributed by atoms with van der Waals surface area (Å²) in [4.78, 5) is 0. The lowest BCUT2D eigenvalue weighted by Crippen LogP contribution is -1.70. The van der Waals surface area contributed by atoms with Crippen LogP contribution in [0.1, 0.15) is 45.4 Å². The van der Waals surface area contributed by atoms with E-state index < -0.39 is 0 Å². The standard InChI is InChI=1S/C11H19/c1-3-5-7-9-11-10-8-6-4-2/h1,3,9,11H,4-8,10H2,2H3/b3-1?,11-9+. The molecule has 11 heavy (non-hydrogen) atoms. The van der Waals surface area contributed by atoms with E-state index in [-0.39, 0.29) is 0 Å². The van der Waals surface area contributed by atoms with Crippen LogP contribution in [0.15, 0.2) is 18.2 Å². The third-order valence-corrected chi connectivity index (χ3v) is 1.64. The van der Waals surface area contributed by atoms with E-state index in [2.05, 4.69) is 19.1 Å². The van der Waals surface area contributed by atoms with Gasteiger partial charge in [0.2, 0.25) is 0 Å². The second kappa shape index (κ2) is 9.48. The van der Waals surface area contributed by atoms with E-state index in [9.17, 15) is 0 Å². The van der Waals surface area contributed by atoms with Crippen LogP contribution in [0.3, 0.4) is 0 Å². The summed E-state index contributed by atoms with van der Waals surface area (Å²) in [6.45, 7) is 7.46. The zero-order chi connectivity index (χ0) is 8.36. The Morgan fingerprint density at radius 1 is 1.00 bits per heavy atom. The fourth-order valence-electron chi connectivity index (χ4n) is 0.940. The minimum absolute atomic E-state index is 1.00. The van der Waals surface area contributed by atoms with Crippen molar-refractivity contribution in [2.45, 2.75) is 45.4 Å². The summed E-state index contributed by atoms with van der Waals surface area (Å²) < 4.78 is 0. The van der Waals surface area contributed by atoms with Crippen molar-refractivity contribution in [2.75, 3.05) is 0 Å². The van der Waals surface area contributed by atoms with Crippen molar-refractivity contribution in [2.24, 2.45) is 0 Å². The molecule has 0 aromatic carbocycles. The average molecular weight is 151 g/mol. The van der Waals surface area contributed by atoms with E-state index in [1.54, 1.807) is 6.08 Å². The van der Waals surface area contributed by atoms with E-state index in [4.69, 9.17) is 6.58 Å². The van der Waals surface area contributed by atoms with E-state index in [1.807, 2.05) is 0 Å². The Balaban J connectivity index is 2.97. The first-order chi connectivity index (χ1) is 5.41. The van der Waals surface area contributed by atoms with E-state index in [0.717, 1.165) is 12.8 Å². The van der Waals surface area contributed by atoms with Gasteiger partial charge in [-0.1, -0.05) is 44.6 Å². The molecule has 0 aliphatic heterocycles. The number of unbranched alkanes of at least 4 members (excludes halogenated alkanes) is 4. The summed E-state index contributed by atoms with van der Waals surface area (Å²) in [7, 11) is 0. The van der Waals surface area contributed by atoms with Crippen LogP contribution in [0, 0.1) is 6.58 Å². The van der Waals surface area contributed by atoms with Crippen molar-refractivity contribution in [1.82, 2.24) is 0 Å². The molecule has 0 aliphatic carbocycles. The van der Waals surface area contributed by atoms with Gasteiger partial charge in [-0.05, 0) is 25.7 Å². The van der Waals surface area contributed by atoms with Crippen molar-refractivity contribution < 1.29 is 0 Å². The van der Waals surface area contributed by atoms with Gasteiger partial charge in [0.25, 0.3) is 0 Å². The molecule has 0 aromatic heterocycles. The van der Waals surface area contributed by atoms with Crippen molar-refractivity contribution in [3.63, 3.8) is 0 Å². The molecular weight excluding hydrogens is 132 g/mol. The van der Waals surface area contributed by atoms with Gasteiger partial charge in [-0.2, -0.15) is 0 Å². The molecule has 0 unspecified atom stereocenters. The Bertz CT molecular complexity index is 101. The molecule has 63 valence electrons. The first kappa shape index (κ1) is 10.5. The topological polar surface area (TPSA) is 0 Å². The Labute approximate surface area is 71.0 Å². The van der Waals surface area contributed by atoms with Crippen LogP contribution in [0.4, 0.5) is 0 Å². The summed E-state index contributed by atoms with van der Waals surface area (Å²) in [6, 6.07) is 0. The van der Waals surface area contributed by atoms with Crippen LogP contribution in [0.5, 0.6) is 0 Å². The summed E-state index contributed by atoms with van der Waals surface area (Å²) >= 11 is 0. The highest BCUT2D eigenvalue weighted by Crippen LogP contribution is 2.00. The monoisotopic (exact) mass is 151 g/mol. The van der Waals surface area contributed by atoms with Gasteiger partial charge < -0.3 is 0 Å². The largest absolute Gasteiger partial charge is 0.0885 e. The number of allylic oxidation sites excluding steroid dienone is 3. The third kappa shape index (κ3) is 9.48. The van der Waals surface area contributed by atoms with Gasteiger partial charge in [0.15, 0.2) is 0 Å². The Kier molecular flexibility index (Phi) is 9.03. The maximum absolute atomic E-state index is 5.23. The van der Waals surface area contributed by atoms with Crippen molar-refractivity contribution >= 4 is 0 Å². The molecule has 0 N–H and O–H groups in total. The summed E-state index contributed by atoms with van der Waals surface area (Å²) in [6.07, 6.45) is 13.5. The van der Waals surface area contributed by atoms with Crippen molar-refractivity contribution in [3.8, 4) is 0 Å². The SMILES string of the molecule is [CH]=CCC/C=C/CCCCC. The summed E-state index contributed by atoms with van der Waals surface area (Å²) in [5, 5.41) is 0. The number of hydrogen-bond acceptors (Lipinski definition) is 0. The lowest BCUT2D eigenvalue weighted by Gasteiger charge is -1.90. The molecule has 0 saturated carbocycles. The first-order valence-corrected chi connectivity index (χ1v) is 4.60.